The number of aromatic nitrogens is 2. The van der Waals surface area contributed by atoms with Gasteiger partial charge < -0.3 is 0 Å². The second-order valence-electron chi connectivity index (χ2n) is 4.40. The van der Waals surface area contributed by atoms with Crippen LogP contribution in [0.5, 0.6) is 0 Å². The first kappa shape index (κ1) is 12.2. The van der Waals surface area contributed by atoms with E-state index in [1.54, 1.807) is 24.8 Å². The molecule has 20 heavy (non-hydrogen) atoms. The molecule has 0 saturated heterocycles. The summed E-state index contributed by atoms with van der Waals surface area (Å²) in [6.07, 6.45) is 7.87. The van der Waals surface area contributed by atoms with Gasteiger partial charge in [0.05, 0.1) is 0 Å². The van der Waals surface area contributed by atoms with E-state index in [1.807, 2.05) is 42.5 Å². The lowest BCUT2D eigenvalue weighted by Crippen LogP contribution is -1.90. The number of benzene rings is 1. The minimum absolute atomic E-state index is 0.652. The Balaban J connectivity index is 2.10. The molecule has 3 nitrogen and oxygen atoms in total. The van der Waals surface area contributed by atoms with Crippen LogP contribution in [0, 0.1) is 0 Å². The van der Waals surface area contributed by atoms with Crippen molar-refractivity contribution in [3.63, 3.8) is 0 Å². The Morgan fingerprint density at radius 3 is 2.10 bits per heavy atom. The maximum absolute atomic E-state index is 11.3. The van der Waals surface area contributed by atoms with E-state index in [1.165, 1.54) is 0 Å². The number of nitrogens with zero attached hydrogens (tertiary/aromatic N) is 2. The number of carbonyl (C=O) groups excluding carboxylic acids is 1. The molecular weight excluding hydrogens is 248 g/mol. The highest BCUT2D eigenvalue weighted by molar-refractivity contribution is 5.89. The molecule has 0 aliphatic carbocycles. The van der Waals surface area contributed by atoms with Crippen molar-refractivity contribution in [2.75, 3.05) is 0 Å². The Kier molecular flexibility index (Phi) is 3.33. The van der Waals surface area contributed by atoms with Crippen molar-refractivity contribution >= 4 is 6.29 Å². The zero-order valence-corrected chi connectivity index (χ0v) is 10.7. The van der Waals surface area contributed by atoms with Crippen LogP contribution in [0.15, 0.2) is 67.3 Å². The first-order valence-electron chi connectivity index (χ1n) is 6.28. The highest BCUT2D eigenvalue weighted by Crippen LogP contribution is 2.27. The van der Waals surface area contributed by atoms with Gasteiger partial charge in [0.2, 0.25) is 0 Å². The van der Waals surface area contributed by atoms with Gasteiger partial charge in [0.1, 0.15) is 0 Å². The number of hydrogen-bond donors (Lipinski definition) is 0. The van der Waals surface area contributed by atoms with Gasteiger partial charge in [-0.2, -0.15) is 0 Å². The van der Waals surface area contributed by atoms with Crippen LogP contribution in [0.1, 0.15) is 10.4 Å². The third kappa shape index (κ3) is 2.34. The second-order valence-corrected chi connectivity index (χ2v) is 4.40. The monoisotopic (exact) mass is 260 g/mol. The quantitative estimate of drug-likeness (QED) is 0.675. The van der Waals surface area contributed by atoms with Crippen molar-refractivity contribution in [3.05, 3.63) is 72.8 Å². The lowest BCUT2D eigenvalue weighted by atomic mass is 9.97. The summed E-state index contributed by atoms with van der Waals surface area (Å²) < 4.78 is 0. The highest BCUT2D eigenvalue weighted by atomic mass is 16.1. The van der Waals surface area contributed by atoms with E-state index in [0.29, 0.717) is 5.56 Å². The third-order valence-corrected chi connectivity index (χ3v) is 3.15. The summed E-state index contributed by atoms with van der Waals surface area (Å²) in [6, 6.07) is 13.5. The van der Waals surface area contributed by atoms with Crippen molar-refractivity contribution < 1.29 is 4.79 Å². The van der Waals surface area contributed by atoms with Crippen LogP contribution < -0.4 is 0 Å². The van der Waals surface area contributed by atoms with Crippen molar-refractivity contribution in [1.82, 2.24) is 9.97 Å². The molecule has 0 N–H and O–H groups in total. The summed E-state index contributed by atoms with van der Waals surface area (Å²) in [4.78, 5) is 19.5. The molecule has 0 spiro atoms. The number of rotatable bonds is 3. The Bertz CT molecular complexity index is 724. The van der Waals surface area contributed by atoms with Gasteiger partial charge in [-0.25, -0.2) is 0 Å². The lowest BCUT2D eigenvalue weighted by Gasteiger charge is -2.07. The summed E-state index contributed by atoms with van der Waals surface area (Å²) in [7, 11) is 0. The molecule has 0 radical (unpaired) electrons. The summed E-state index contributed by atoms with van der Waals surface area (Å²) in [5.74, 6) is 0. The SMILES string of the molecule is O=Cc1cc(-c2cccnc2)ccc1-c1cccnc1. The van der Waals surface area contributed by atoms with Gasteiger partial charge in [-0.15, -0.1) is 0 Å². The molecule has 3 heteroatoms. The minimum atomic E-state index is 0.652. The minimum Gasteiger partial charge on any atom is -0.298 e. The number of pyridine rings is 2. The fourth-order valence-corrected chi connectivity index (χ4v) is 2.16. The average Bonchev–Trinajstić information content (AvgIpc) is 2.56. The standard InChI is InChI=1S/C17H12N2O/c20-12-16-9-13(14-3-1-7-18-10-14)5-6-17(16)15-4-2-8-19-11-15/h1-12H. The molecule has 2 aromatic heterocycles. The largest absolute Gasteiger partial charge is 0.298 e. The van der Waals surface area contributed by atoms with Crippen molar-refractivity contribution in [2.45, 2.75) is 0 Å². The summed E-state index contributed by atoms with van der Waals surface area (Å²) in [6.45, 7) is 0. The third-order valence-electron chi connectivity index (χ3n) is 3.15. The molecule has 0 unspecified atom stereocenters. The maximum atomic E-state index is 11.3. The van der Waals surface area contributed by atoms with E-state index >= 15 is 0 Å². The molecule has 3 rings (SSSR count). The number of aldehydes is 1. The molecule has 0 aliphatic rings. The van der Waals surface area contributed by atoms with Gasteiger partial charge in [-0.05, 0) is 29.3 Å². The van der Waals surface area contributed by atoms with Gasteiger partial charge in [0, 0.05) is 41.5 Å². The summed E-state index contributed by atoms with van der Waals surface area (Å²) >= 11 is 0. The predicted molar refractivity (Wildman–Crippen MR) is 78.3 cm³/mol. The van der Waals surface area contributed by atoms with E-state index in [0.717, 1.165) is 28.5 Å². The van der Waals surface area contributed by atoms with Crippen LogP contribution in [-0.4, -0.2) is 16.3 Å². The van der Waals surface area contributed by atoms with Gasteiger partial charge >= 0.3 is 0 Å². The normalized spacial score (nSPS) is 10.2. The van der Waals surface area contributed by atoms with Gasteiger partial charge in [-0.3, -0.25) is 14.8 Å². The topological polar surface area (TPSA) is 42.9 Å². The molecule has 0 amide bonds. The van der Waals surface area contributed by atoms with Crippen LogP contribution in [0.3, 0.4) is 0 Å². The van der Waals surface area contributed by atoms with Gasteiger partial charge in [0.15, 0.2) is 6.29 Å². The van der Waals surface area contributed by atoms with E-state index in [2.05, 4.69) is 9.97 Å². The van der Waals surface area contributed by atoms with Crippen LogP contribution >= 0.6 is 0 Å². The summed E-state index contributed by atoms with van der Waals surface area (Å²) in [5.41, 5.74) is 4.45. The molecule has 0 bridgehead atoms. The lowest BCUT2D eigenvalue weighted by molar-refractivity contribution is 0.112. The van der Waals surface area contributed by atoms with Crippen LogP contribution in [-0.2, 0) is 0 Å². The molecule has 2 heterocycles. The van der Waals surface area contributed by atoms with Crippen molar-refractivity contribution in [3.8, 4) is 22.3 Å². The van der Waals surface area contributed by atoms with Gasteiger partial charge in [-0.1, -0.05) is 24.3 Å². The fourth-order valence-electron chi connectivity index (χ4n) is 2.16. The Labute approximate surface area is 117 Å². The van der Waals surface area contributed by atoms with Crippen LogP contribution in [0.25, 0.3) is 22.3 Å². The smallest absolute Gasteiger partial charge is 0.150 e. The maximum Gasteiger partial charge on any atom is 0.150 e. The zero-order chi connectivity index (χ0) is 13.8. The molecule has 0 fully saturated rings. The van der Waals surface area contributed by atoms with Gasteiger partial charge in [0.25, 0.3) is 0 Å². The molecule has 96 valence electrons. The Hall–Kier alpha value is -2.81. The molecular formula is C17H12N2O. The molecule has 0 saturated carbocycles. The first-order valence-corrected chi connectivity index (χ1v) is 6.28. The van der Waals surface area contributed by atoms with E-state index in [-0.39, 0.29) is 0 Å². The predicted octanol–water partition coefficient (Wildman–Crippen LogP) is 3.62. The van der Waals surface area contributed by atoms with Crippen molar-refractivity contribution in [1.29, 1.82) is 0 Å². The zero-order valence-electron chi connectivity index (χ0n) is 10.7. The summed E-state index contributed by atoms with van der Waals surface area (Å²) in [5, 5.41) is 0. The molecule has 1 aromatic carbocycles. The molecule has 3 aromatic rings. The highest BCUT2D eigenvalue weighted by Gasteiger charge is 2.07. The van der Waals surface area contributed by atoms with E-state index in [9.17, 15) is 4.79 Å². The average molecular weight is 260 g/mol. The number of carbonyl (C=O) groups is 1. The first-order chi connectivity index (χ1) is 9.88. The molecule has 0 aliphatic heterocycles. The Morgan fingerprint density at radius 2 is 1.50 bits per heavy atom. The van der Waals surface area contributed by atoms with Crippen LogP contribution in [0.4, 0.5) is 0 Å². The van der Waals surface area contributed by atoms with Crippen LogP contribution in [0.2, 0.25) is 0 Å². The second kappa shape index (κ2) is 5.45. The van der Waals surface area contributed by atoms with Crippen molar-refractivity contribution in [2.24, 2.45) is 0 Å². The van der Waals surface area contributed by atoms with E-state index in [4.69, 9.17) is 0 Å². The number of hydrogen-bond acceptors (Lipinski definition) is 3. The molecule has 0 atom stereocenters. The fraction of sp³-hybridized carbons (Fsp3) is 0. The Morgan fingerprint density at radius 1 is 0.800 bits per heavy atom. The van der Waals surface area contributed by atoms with E-state index < -0.39 is 0 Å².